The van der Waals surface area contributed by atoms with Crippen LogP contribution in [0.1, 0.15) is 17.3 Å². The zero-order chi connectivity index (χ0) is 16.8. The van der Waals surface area contributed by atoms with Gasteiger partial charge in [0.1, 0.15) is 5.82 Å². The highest BCUT2D eigenvalue weighted by Crippen LogP contribution is 2.19. The van der Waals surface area contributed by atoms with Gasteiger partial charge in [0, 0.05) is 29.8 Å². The number of nitrogens with one attached hydrogen (secondary N) is 1. The van der Waals surface area contributed by atoms with Crippen LogP contribution in [-0.4, -0.2) is 27.5 Å². The van der Waals surface area contributed by atoms with Gasteiger partial charge in [-0.05, 0) is 43.3 Å². The molecule has 120 valence electrons. The fraction of sp³-hybridized carbons (Fsp3) is 0.111. The van der Waals surface area contributed by atoms with Gasteiger partial charge in [-0.3, -0.25) is 4.98 Å². The highest BCUT2D eigenvalue weighted by Gasteiger charge is 2.08. The second-order valence-corrected chi connectivity index (χ2v) is 4.93. The topological polar surface area (TPSA) is 77.0 Å². The molecule has 0 radical (unpaired) electrons. The maximum absolute atomic E-state index is 11.8. The summed E-state index contributed by atoms with van der Waals surface area (Å²) in [4.78, 5) is 24.6. The molecule has 3 rings (SSSR count). The number of anilines is 2. The molecule has 1 N–H and O–H groups in total. The lowest BCUT2D eigenvalue weighted by molar-refractivity contribution is 0.0526. The van der Waals surface area contributed by atoms with E-state index in [1.165, 1.54) is 0 Å². The first kappa shape index (κ1) is 15.6. The summed E-state index contributed by atoms with van der Waals surface area (Å²) in [7, 11) is 0. The van der Waals surface area contributed by atoms with Crippen LogP contribution in [0.5, 0.6) is 0 Å². The summed E-state index contributed by atoms with van der Waals surface area (Å²) in [5.41, 5.74) is 2.07. The molecular formula is C18H16N4O2. The number of ether oxygens (including phenoxy) is 1. The molecule has 2 aromatic heterocycles. The van der Waals surface area contributed by atoms with Crippen LogP contribution < -0.4 is 5.32 Å². The first-order chi connectivity index (χ1) is 11.8. The third-order valence-electron chi connectivity index (χ3n) is 3.22. The molecule has 0 aliphatic rings. The number of carbonyl (C=O) groups excluding carboxylic acids is 1. The Hall–Kier alpha value is -3.28. The molecule has 0 bridgehead atoms. The third-order valence-corrected chi connectivity index (χ3v) is 3.22. The van der Waals surface area contributed by atoms with Crippen molar-refractivity contribution in [3.8, 4) is 11.4 Å². The number of aromatic nitrogens is 3. The highest BCUT2D eigenvalue weighted by atomic mass is 16.5. The van der Waals surface area contributed by atoms with E-state index in [0.29, 0.717) is 23.8 Å². The van der Waals surface area contributed by atoms with E-state index in [-0.39, 0.29) is 5.97 Å². The summed E-state index contributed by atoms with van der Waals surface area (Å²) in [5, 5.41) is 3.17. The number of carbonyl (C=O) groups is 1. The van der Waals surface area contributed by atoms with Crippen molar-refractivity contribution in [3.05, 3.63) is 66.6 Å². The third kappa shape index (κ3) is 3.73. The van der Waals surface area contributed by atoms with Crippen LogP contribution >= 0.6 is 0 Å². The Bertz CT molecular complexity index is 837. The Morgan fingerprint density at radius 3 is 2.88 bits per heavy atom. The zero-order valence-corrected chi connectivity index (χ0v) is 13.1. The largest absolute Gasteiger partial charge is 0.462 e. The number of rotatable bonds is 5. The molecule has 0 aliphatic carbocycles. The average Bonchev–Trinajstić information content (AvgIpc) is 2.63. The van der Waals surface area contributed by atoms with Crippen LogP contribution in [0.4, 0.5) is 11.5 Å². The van der Waals surface area contributed by atoms with Crippen LogP contribution in [0.25, 0.3) is 11.4 Å². The molecule has 0 saturated carbocycles. The van der Waals surface area contributed by atoms with Crippen molar-refractivity contribution in [2.24, 2.45) is 0 Å². The Labute approximate surface area is 139 Å². The summed E-state index contributed by atoms with van der Waals surface area (Å²) < 4.78 is 5.01. The molecule has 3 aromatic rings. The molecule has 0 atom stereocenters. The van der Waals surface area contributed by atoms with Gasteiger partial charge < -0.3 is 10.1 Å². The second-order valence-electron chi connectivity index (χ2n) is 4.93. The standard InChI is InChI=1S/C18H16N4O2/c1-2-24-18(23)13-5-3-7-15(11-13)21-16-8-10-20-17(22-16)14-6-4-9-19-12-14/h3-12H,2H2,1H3,(H,20,21,22). The van der Waals surface area contributed by atoms with Crippen molar-refractivity contribution in [1.82, 2.24) is 15.0 Å². The summed E-state index contributed by atoms with van der Waals surface area (Å²) >= 11 is 0. The van der Waals surface area contributed by atoms with Gasteiger partial charge in [-0.1, -0.05) is 6.07 Å². The lowest BCUT2D eigenvalue weighted by atomic mass is 10.2. The molecule has 0 aliphatic heterocycles. The monoisotopic (exact) mass is 320 g/mol. The fourth-order valence-electron chi connectivity index (χ4n) is 2.15. The van der Waals surface area contributed by atoms with E-state index in [4.69, 9.17) is 4.74 Å². The summed E-state index contributed by atoms with van der Waals surface area (Å²) in [5.74, 6) is 0.861. The van der Waals surface area contributed by atoms with Crippen molar-refractivity contribution in [3.63, 3.8) is 0 Å². The van der Waals surface area contributed by atoms with Gasteiger partial charge in [-0.15, -0.1) is 0 Å². The predicted molar refractivity (Wildman–Crippen MR) is 90.9 cm³/mol. The van der Waals surface area contributed by atoms with Gasteiger partial charge in [-0.25, -0.2) is 14.8 Å². The number of benzene rings is 1. The Balaban J connectivity index is 1.82. The molecule has 6 heteroatoms. The Morgan fingerprint density at radius 1 is 1.17 bits per heavy atom. The van der Waals surface area contributed by atoms with Gasteiger partial charge in [0.2, 0.25) is 0 Å². The number of esters is 1. The van der Waals surface area contributed by atoms with Crippen molar-refractivity contribution >= 4 is 17.5 Å². The molecule has 0 spiro atoms. The number of hydrogen-bond donors (Lipinski definition) is 1. The van der Waals surface area contributed by atoms with E-state index in [2.05, 4.69) is 20.3 Å². The Morgan fingerprint density at radius 2 is 2.08 bits per heavy atom. The van der Waals surface area contributed by atoms with E-state index >= 15 is 0 Å². The maximum Gasteiger partial charge on any atom is 0.338 e. The lowest BCUT2D eigenvalue weighted by Crippen LogP contribution is -2.05. The molecule has 0 fully saturated rings. The molecular weight excluding hydrogens is 304 g/mol. The van der Waals surface area contributed by atoms with E-state index < -0.39 is 0 Å². The minimum absolute atomic E-state index is 0.344. The quantitative estimate of drug-likeness (QED) is 0.725. The molecule has 0 amide bonds. The molecule has 1 aromatic carbocycles. The van der Waals surface area contributed by atoms with Crippen LogP contribution in [0, 0.1) is 0 Å². The number of hydrogen-bond acceptors (Lipinski definition) is 6. The lowest BCUT2D eigenvalue weighted by Gasteiger charge is -2.08. The molecule has 0 saturated heterocycles. The first-order valence-electron chi connectivity index (χ1n) is 7.54. The SMILES string of the molecule is CCOC(=O)c1cccc(Nc2ccnc(-c3cccnc3)n2)c1. The molecule has 0 unspecified atom stereocenters. The van der Waals surface area contributed by atoms with Crippen molar-refractivity contribution in [2.45, 2.75) is 6.92 Å². The van der Waals surface area contributed by atoms with E-state index in [1.807, 2.05) is 18.2 Å². The van der Waals surface area contributed by atoms with Crippen molar-refractivity contribution in [1.29, 1.82) is 0 Å². The maximum atomic E-state index is 11.8. The van der Waals surface area contributed by atoms with Gasteiger partial charge in [-0.2, -0.15) is 0 Å². The highest BCUT2D eigenvalue weighted by molar-refractivity contribution is 5.90. The van der Waals surface area contributed by atoms with Gasteiger partial charge in [0.15, 0.2) is 5.82 Å². The van der Waals surface area contributed by atoms with E-state index in [1.54, 1.807) is 49.8 Å². The number of nitrogens with zero attached hydrogens (tertiary/aromatic N) is 3. The molecule has 24 heavy (non-hydrogen) atoms. The second kappa shape index (κ2) is 7.32. The van der Waals surface area contributed by atoms with Crippen LogP contribution in [0.3, 0.4) is 0 Å². The molecule has 6 nitrogen and oxygen atoms in total. The Kier molecular flexibility index (Phi) is 4.76. The van der Waals surface area contributed by atoms with Gasteiger partial charge in [0.25, 0.3) is 0 Å². The number of pyridine rings is 1. The van der Waals surface area contributed by atoms with Gasteiger partial charge >= 0.3 is 5.97 Å². The van der Waals surface area contributed by atoms with E-state index in [0.717, 1.165) is 11.3 Å². The van der Waals surface area contributed by atoms with Crippen LogP contribution in [-0.2, 0) is 4.74 Å². The average molecular weight is 320 g/mol. The van der Waals surface area contributed by atoms with Gasteiger partial charge in [0.05, 0.1) is 12.2 Å². The zero-order valence-electron chi connectivity index (χ0n) is 13.1. The normalized spacial score (nSPS) is 10.2. The smallest absolute Gasteiger partial charge is 0.338 e. The first-order valence-corrected chi connectivity index (χ1v) is 7.54. The van der Waals surface area contributed by atoms with E-state index in [9.17, 15) is 4.79 Å². The van der Waals surface area contributed by atoms with Crippen molar-refractivity contribution in [2.75, 3.05) is 11.9 Å². The fourth-order valence-corrected chi connectivity index (χ4v) is 2.15. The van der Waals surface area contributed by atoms with Crippen LogP contribution in [0.15, 0.2) is 61.1 Å². The molecule has 2 heterocycles. The summed E-state index contributed by atoms with van der Waals surface area (Å²) in [6.07, 6.45) is 5.08. The van der Waals surface area contributed by atoms with Crippen LogP contribution in [0.2, 0.25) is 0 Å². The minimum atomic E-state index is -0.347. The minimum Gasteiger partial charge on any atom is -0.462 e. The summed E-state index contributed by atoms with van der Waals surface area (Å²) in [6, 6.07) is 12.6. The van der Waals surface area contributed by atoms with Crippen molar-refractivity contribution < 1.29 is 9.53 Å². The summed E-state index contributed by atoms with van der Waals surface area (Å²) in [6.45, 7) is 2.12. The predicted octanol–water partition coefficient (Wildman–Crippen LogP) is 3.46.